The first-order chi connectivity index (χ1) is 11.3. The fraction of sp³-hybridized carbons (Fsp3) is 0.118. The number of rotatable bonds is 4. The van der Waals surface area contributed by atoms with Gasteiger partial charge in [-0.3, -0.25) is 0 Å². The minimum Gasteiger partial charge on any atom is -0.478 e. The highest BCUT2D eigenvalue weighted by molar-refractivity contribution is 5.93. The Morgan fingerprint density at radius 2 is 1.12 bits per heavy atom. The summed E-state index contributed by atoms with van der Waals surface area (Å²) in [6.45, 7) is 3.39. The third kappa shape index (κ3) is 3.89. The first kappa shape index (κ1) is 17.0. The van der Waals surface area contributed by atoms with E-state index in [9.17, 15) is 14.4 Å². The summed E-state index contributed by atoms with van der Waals surface area (Å²) < 4.78 is 9.79. The molecule has 0 aliphatic heterocycles. The van der Waals surface area contributed by atoms with E-state index in [1.54, 1.807) is 26.0 Å². The van der Waals surface area contributed by atoms with Gasteiger partial charge < -0.3 is 19.7 Å². The number of carboxylic acid groups (broad SMARTS) is 2. The molecule has 0 unspecified atom stereocenters. The van der Waals surface area contributed by atoms with Crippen molar-refractivity contribution in [2.75, 3.05) is 0 Å². The van der Waals surface area contributed by atoms with Crippen molar-refractivity contribution in [1.82, 2.24) is 0 Å². The second-order valence-electron chi connectivity index (χ2n) is 5.06. The Hall–Kier alpha value is -3.35. The molecule has 0 saturated carbocycles. The molecule has 0 heterocycles. The number of carbonyl (C=O) groups excluding carboxylic acids is 1. The van der Waals surface area contributed by atoms with Gasteiger partial charge in [0.25, 0.3) is 0 Å². The van der Waals surface area contributed by atoms with E-state index >= 15 is 0 Å². The molecule has 2 aromatic rings. The van der Waals surface area contributed by atoms with Crippen LogP contribution in [0.4, 0.5) is 4.79 Å². The summed E-state index contributed by atoms with van der Waals surface area (Å²) in [7, 11) is 0. The average Bonchev–Trinajstić information content (AvgIpc) is 2.50. The van der Waals surface area contributed by atoms with Crippen molar-refractivity contribution in [1.29, 1.82) is 0 Å². The van der Waals surface area contributed by atoms with Crippen LogP contribution in [0.2, 0.25) is 0 Å². The van der Waals surface area contributed by atoms with E-state index in [-0.39, 0.29) is 22.6 Å². The lowest BCUT2D eigenvalue weighted by molar-refractivity contribution is 0.0684. The van der Waals surface area contributed by atoms with E-state index in [0.29, 0.717) is 11.1 Å². The Morgan fingerprint density at radius 1 is 0.750 bits per heavy atom. The Kier molecular flexibility index (Phi) is 4.84. The zero-order valence-electron chi connectivity index (χ0n) is 12.9. The molecule has 0 radical (unpaired) electrons. The number of hydrogen-bond acceptors (Lipinski definition) is 5. The Balaban J connectivity index is 2.24. The van der Waals surface area contributed by atoms with Crippen molar-refractivity contribution in [3.8, 4) is 11.5 Å². The van der Waals surface area contributed by atoms with Crippen LogP contribution in [0, 0.1) is 13.8 Å². The van der Waals surface area contributed by atoms with Crippen molar-refractivity contribution >= 4 is 18.1 Å². The molecule has 0 atom stereocenters. The number of benzene rings is 2. The van der Waals surface area contributed by atoms with Gasteiger partial charge in [-0.1, -0.05) is 23.3 Å². The molecule has 2 aromatic carbocycles. The van der Waals surface area contributed by atoms with Gasteiger partial charge in [-0.2, -0.15) is 0 Å². The Morgan fingerprint density at radius 3 is 1.46 bits per heavy atom. The normalized spacial score (nSPS) is 10.1. The zero-order chi connectivity index (χ0) is 17.9. The lowest BCUT2D eigenvalue weighted by Gasteiger charge is -2.10. The average molecular weight is 330 g/mol. The van der Waals surface area contributed by atoms with Crippen LogP contribution in [-0.4, -0.2) is 28.3 Å². The van der Waals surface area contributed by atoms with E-state index in [0.717, 1.165) is 0 Å². The quantitative estimate of drug-likeness (QED) is 0.653. The second kappa shape index (κ2) is 6.82. The van der Waals surface area contributed by atoms with Crippen molar-refractivity contribution in [3.63, 3.8) is 0 Å². The molecular weight excluding hydrogens is 316 g/mol. The van der Waals surface area contributed by atoms with Crippen molar-refractivity contribution in [2.45, 2.75) is 13.8 Å². The van der Waals surface area contributed by atoms with E-state index in [2.05, 4.69) is 0 Å². The zero-order valence-corrected chi connectivity index (χ0v) is 12.9. The van der Waals surface area contributed by atoms with Crippen LogP contribution in [0.1, 0.15) is 31.8 Å². The van der Waals surface area contributed by atoms with Gasteiger partial charge in [-0.25, -0.2) is 14.4 Å². The summed E-state index contributed by atoms with van der Waals surface area (Å²) in [5.74, 6) is -2.91. The third-order valence-electron chi connectivity index (χ3n) is 3.12. The van der Waals surface area contributed by atoms with Crippen LogP contribution < -0.4 is 9.47 Å². The highest BCUT2D eigenvalue weighted by Gasteiger charge is 2.19. The molecule has 24 heavy (non-hydrogen) atoms. The lowest BCUT2D eigenvalue weighted by Crippen LogP contribution is -2.17. The fourth-order valence-corrected chi connectivity index (χ4v) is 2.00. The van der Waals surface area contributed by atoms with E-state index in [1.165, 1.54) is 24.3 Å². The number of aromatic carboxylic acids is 2. The van der Waals surface area contributed by atoms with Gasteiger partial charge in [0.1, 0.15) is 22.6 Å². The first-order valence-corrected chi connectivity index (χ1v) is 6.85. The van der Waals surface area contributed by atoms with E-state index in [1.807, 2.05) is 0 Å². The monoisotopic (exact) mass is 330 g/mol. The van der Waals surface area contributed by atoms with Gasteiger partial charge >= 0.3 is 18.1 Å². The number of hydrogen-bond donors (Lipinski definition) is 2. The molecule has 2 N–H and O–H groups in total. The maximum atomic E-state index is 11.9. The molecule has 7 nitrogen and oxygen atoms in total. The van der Waals surface area contributed by atoms with Crippen LogP contribution >= 0.6 is 0 Å². The van der Waals surface area contributed by atoms with E-state index < -0.39 is 18.1 Å². The third-order valence-corrected chi connectivity index (χ3v) is 3.12. The molecular formula is C17H14O7. The lowest BCUT2D eigenvalue weighted by atomic mass is 10.1. The van der Waals surface area contributed by atoms with Crippen LogP contribution in [0.15, 0.2) is 36.4 Å². The molecule has 0 fully saturated rings. The van der Waals surface area contributed by atoms with Gasteiger partial charge in [0, 0.05) is 0 Å². The highest BCUT2D eigenvalue weighted by Crippen LogP contribution is 2.23. The molecule has 0 bridgehead atoms. The molecule has 0 saturated heterocycles. The summed E-state index contributed by atoms with van der Waals surface area (Å²) in [5, 5.41) is 18.3. The van der Waals surface area contributed by atoms with Crippen molar-refractivity contribution in [2.24, 2.45) is 0 Å². The Bertz CT molecular complexity index is 756. The number of ether oxygens (including phenoxy) is 2. The predicted molar refractivity (Wildman–Crippen MR) is 82.9 cm³/mol. The number of carboxylic acids is 2. The summed E-state index contributed by atoms with van der Waals surface area (Å²) in [6.07, 6.45) is -1.23. The largest absolute Gasteiger partial charge is 0.519 e. The summed E-state index contributed by atoms with van der Waals surface area (Å²) in [4.78, 5) is 34.2. The molecule has 0 aliphatic rings. The van der Waals surface area contributed by atoms with Gasteiger partial charge in [0.15, 0.2) is 0 Å². The molecule has 0 spiro atoms. The molecule has 124 valence electrons. The Labute approximate surface area is 137 Å². The molecule has 0 aliphatic carbocycles. The SMILES string of the molecule is Cc1ccc(OC(=O)Oc2ccc(C)cc2C(=O)O)c(C(=O)O)c1. The topological polar surface area (TPSA) is 110 Å². The minimum absolute atomic E-state index is 0.193. The van der Waals surface area contributed by atoms with Crippen LogP contribution in [-0.2, 0) is 0 Å². The minimum atomic E-state index is -1.26. The molecule has 0 amide bonds. The predicted octanol–water partition coefficient (Wildman–Crippen LogP) is 3.28. The number of carbonyl (C=O) groups is 3. The van der Waals surface area contributed by atoms with Crippen LogP contribution in [0.3, 0.4) is 0 Å². The highest BCUT2D eigenvalue weighted by atomic mass is 16.7. The number of aryl methyl sites for hydroxylation is 2. The smallest absolute Gasteiger partial charge is 0.478 e. The molecule has 2 rings (SSSR count). The maximum absolute atomic E-state index is 11.9. The van der Waals surface area contributed by atoms with Gasteiger partial charge in [-0.15, -0.1) is 0 Å². The van der Waals surface area contributed by atoms with Crippen molar-refractivity contribution < 1.29 is 34.1 Å². The maximum Gasteiger partial charge on any atom is 0.519 e. The van der Waals surface area contributed by atoms with Gasteiger partial charge in [0.05, 0.1) is 0 Å². The summed E-state index contributed by atoms with van der Waals surface area (Å²) in [6, 6.07) is 8.49. The van der Waals surface area contributed by atoms with E-state index in [4.69, 9.17) is 19.7 Å². The van der Waals surface area contributed by atoms with Gasteiger partial charge in [0.2, 0.25) is 0 Å². The summed E-state index contributed by atoms with van der Waals surface area (Å²) in [5.41, 5.74) is 0.961. The molecule has 0 aromatic heterocycles. The van der Waals surface area contributed by atoms with Gasteiger partial charge in [-0.05, 0) is 38.1 Å². The second-order valence-corrected chi connectivity index (χ2v) is 5.06. The first-order valence-electron chi connectivity index (χ1n) is 6.85. The fourth-order valence-electron chi connectivity index (χ4n) is 2.00. The molecule has 7 heteroatoms. The standard InChI is InChI=1S/C17H14O7/c1-9-3-5-13(11(7-9)15(18)19)23-17(22)24-14-6-4-10(2)8-12(14)16(20)21/h3-8H,1-2H3,(H,18,19)(H,20,21). The summed E-state index contributed by atoms with van der Waals surface area (Å²) >= 11 is 0. The van der Waals surface area contributed by atoms with Crippen LogP contribution in [0.5, 0.6) is 11.5 Å². The van der Waals surface area contributed by atoms with Crippen molar-refractivity contribution in [3.05, 3.63) is 58.7 Å². The van der Waals surface area contributed by atoms with Crippen LogP contribution in [0.25, 0.3) is 0 Å².